The smallest absolute Gasteiger partial charge is 0.219 e. The first-order chi connectivity index (χ1) is 9.22. The van der Waals surface area contributed by atoms with Gasteiger partial charge in [-0.05, 0) is 42.8 Å². The number of para-hydroxylation sites is 1. The van der Waals surface area contributed by atoms with Gasteiger partial charge in [-0.25, -0.2) is 4.98 Å². The van der Waals surface area contributed by atoms with E-state index in [0.717, 1.165) is 27.9 Å². The third-order valence-electron chi connectivity index (χ3n) is 2.99. The molecule has 94 valence electrons. The van der Waals surface area contributed by atoms with E-state index in [0.29, 0.717) is 5.88 Å². The minimum Gasteiger partial charge on any atom is -0.439 e. The van der Waals surface area contributed by atoms with Gasteiger partial charge >= 0.3 is 0 Å². The molecule has 2 N–H and O–H groups in total. The number of hydrogen-bond donors (Lipinski definition) is 1. The lowest BCUT2D eigenvalue weighted by molar-refractivity contribution is 0.461. The van der Waals surface area contributed by atoms with Gasteiger partial charge in [0.1, 0.15) is 5.75 Å². The Kier molecular flexibility index (Phi) is 2.80. The molecule has 0 atom stereocenters. The molecule has 1 heterocycles. The van der Waals surface area contributed by atoms with Crippen LogP contribution in [-0.2, 0) is 0 Å². The fourth-order valence-electron chi connectivity index (χ4n) is 2.00. The molecular weight excluding hydrogens is 236 g/mol. The average molecular weight is 250 g/mol. The molecule has 0 bridgehead atoms. The molecule has 0 radical (unpaired) electrons. The highest BCUT2D eigenvalue weighted by Gasteiger charge is 2.04. The van der Waals surface area contributed by atoms with Crippen LogP contribution in [0.4, 0.5) is 5.69 Å². The van der Waals surface area contributed by atoms with Crippen LogP contribution in [0, 0.1) is 6.92 Å². The van der Waals surface area contributed by atoms with Gasteiger partial charge in [0.2, 0.25) is 5.88 Å². The Morgan fingerprint density at radius 1 is 1.00 bits per heavy atom. The number of aryl methyl sites for hydroxylation is 1. The van der Waals surface area contributed by atoms with Crippen LogP contribution in [0.5, 0.6) is 11.6 Å². The number of aromatic nitrogens is 1. The van der Waals surface area contributed by atoms with E-state index in [1.165, 1.54) is 0 Å². The minimum atomic E-state index is 0.589. The van der Waals surface area contributed by atoms with Crippen molar-refractivity contribution >= 4 is 16.6 Å². The standard InChI is InChI=1S/C16H14N2O/c1-11-10-13(17)7-8-15(11)19-16-9-6-12-4-2-3-5-14(12)18-16/h2-10H,17H2,1H3. The van der Waals surface area contributed by atoms with E-state index in [4.69, 9.17) is 10.5 Å². The SMILES string of the molecule is Cc1cc(N)ccc1Oc1ccc2ccccc2n1. The van der Waals surface area contributed by atoms with Crippen molar-refractivity contribution < 1.29 is 4.74 Å². The number of ether oxygens (including phenoxy) is 1. The Hall–Kier alpha value is -2.55. The first-order valence-corrected chi connectivity index (χ1v) is 6.12. The summed E-state index contributed by atoms with van der Waals surface area (Å²) in [6.07, 6.45) is 0. The van der Waals surface area contributed by atoms with Gasteiger partial charge in [0.05, 0.1) is 5.52 Å². The number of pyridine rings is 1. The Morgan fingerprint density at radius 2 is 1.84 bits per heavy atom. The highest BCUT2D eigenvalue weighted by atomic mass is 16.5. The zero-order chi connectivity index (χ0) is 13.2. The summed E-state index contributed by atoms with van der Waals surface area (Å²) in [7, 11) is 0. The third-order valence-corrected chi connectivity index (χ3v) is 2.99. The lowest BCUT2D eigenvalue weighted by Crippen LogP contribution is -1.92. The molecular formula is C16H14N2O. The summed E-state index contributed by atoms with van der Waals surface area (Å²) in [4.78, 5) is 4.48. The highest BCUT2D eigenvalue weighted by Crippen LogP contribution is 2.26. The molecule has 2 aromatic carbocycles. The van der Waals surface area contributed by atoms with Crippen molar-refractivity contribution in [3.63, 3.8) is 0 Å². The van der Waals surface area contributed by atoms with E-state index in [1.807, 2.05) is 61.5 Å². The van der Waals surface area contributed by atoms with Crippen LogP contribution >= 0.6 is 0 Å². The predicted octanol–water partition coefficient (Wildman–Crippen LogP) is 3.92. The van der Waals surface area contributed by atoms with Crippen molar-refractivity contribution in [2.45, 2.75) is 6.92 Å². The quantitative estimate of drug-likeness (QED) is 0.701. The Balaban J connectivity index is 1.96. The second-order valence-corrected chi connectivity index (χ2v) is 4.47. The summed E-state index contributed by atoms with van der Waals surface area (Å²) in [6.45, 7) is 1.97. The van der Waals surface area contributed by atoms with Gasteiger partial charge in [0.15, 0.2) is 0 Å². The van der Waals surface area contributed by atoms with Gasteiger partial charge in [0.25, 0.3) is 0 Å². The summed E-state index contributed by atoms with van der Waals surface area (Å²) >= 11 is 0. The topological polar surface area (TPSA) is 48.1 Å². The second kappa shape index (κ2) is 4.61. The monoisotopic (exact) mass is 250 g/mol. The van der Waals surface area contributed by atoms with Crippen LogP contribution < -0.4 is 10.5 Å². The van der Waals surface area contributed by atoms with Gasteiger partial charge < -0.3 is 10.5 Å². The maximum atomic E-state index is 5.81. The number of nitrogens with zero attached hydrogens (tertiary/aromatic N) is 1. The van der Waals surface area contributed by atoms with Crippen LogP contribution in [0.15, 0.2) is 54.6 Å². The van der Waals surface area contributed by atoms with E-state index >= 15 is 0 Å². The minimum absolute atomic E-state index is 0.589. The number of fused-ring (bicyclic) bond motifs is 1. The Morgan fingerprint density at radius 3 is 2.68 bits per heavy atom. The molecule has 0 aliphatic heterocycles. The molecule has 1 aromatic heterocycles. The fraction of sp³-hybridized carbons (Fsp3) is 0.0625. The molecule has 0 saturated heterocycles. The molecule has 0 amide bonds. The third kappa shape index (κ3) is 2.36. The number of rotatable bonds is 2. The van der Waals surface area contributed by atoms with Crippen LogP contribution in [0.2, 0.25) is 0 Å². The molecule has 3 aromatic rings. The average Bonchev–Trinajstić information content (AvgIpc) is 2.42. The van der Waals surface area contributed by atoms with Gasteiger partial charge in [-0.1, -0.05) is 18.2 Å². The number of anilines is 1. The molecule has 0 spiro atoms. The van der Waals surface area contributed by atoms with Crippen molar-refractivity contribution in [3.05, 3.63) is 60.2 Å². The summed E-state index contributed by atoms with van der Waals surface area (Å²) in [5, 5.41) is 1.10. The molecule has 0 aliphatic rings. The number of nitrogen functional groups attached to an aromatic ring is 1. The van der Waals surface area contributed by atoms with Gasteiger partial charge in [0, 0.05) is 17.1 Å². The Labute approximate surface area is 111 Å². The van der Waals surface area contributed by atoms with Crippen molar-refractivity contribution in [2.24, 2.45) is 0 Å². The molecule has 0 saturated carbocycles. The van der Waals surface area contributed by atoms with Crippen molar-refractivity contribution in [1.29, 1.82) is 0 Å². The normalized spacial score (nSPS) is 10.6. The van der Waals surface area contributed by atoms with Gasteiger partial charge in [-0.15, -0.1) is 0 Å². The van der Waals surface area contributed by atoms with Crippen LogP contribution in [0.25, 0.3) is 10.9 Å². The van der Waals surface area contributed by atoms with Gasteiger partial charge in [-0.3, -0.25) is 0 Å². The van der Waals surface area contributed by atoms with E-state index < -0.39 is 0 Å². The molecule has 3 rings (SSSR count). The molecule has 19 heavy (non-hydrogen) atoms. The first kappa shape index (κ1) is 11.5. The highest BCUT2D eigenvalue weighted by molar-refractivity contribution is 5.78. The lowest BCUT2D eigenvalue weighted by Gasteiger charge is -2.09. The van der Waals surface area contributed by atoms with E-state index in [9.17, 15) is 0 Å². The fourth-order valence-corrected chi connectivity index (χ4v) is 2.00. The first-order valence-electron chi connectivity index (χ1n) is 6.12. The van der Waals surface area contributed by atoms with E-state index in [1.54, 1.807) is 0 Å². The van der Waals surface area contributed by atoms with Crippen LogP contribution in [0.3, 0.4) is 0 Å². The number of benzene rings is 2. The van der Waals surface area contributed by atoms with Crippen molar-refractivity contribution in [2.75, 3.05) is 5.73 Å². The maximum Gasteiger partial charge on any atom is 0.219 e. The molecule has 3 nitrogen and oxygen atoms in total. The van der Waals surface area contributed by atoms with E-state index in [2.05, 4.69) is 4.98 Å². The zero-order valence-electron chi connectivity index (χ0n) is 10.6. The molecule has 3 heteroatoms. The van der Waals surface area contributed by atoms with Crippen LogP contribution in [0.1, 0.15) is 5.56 Å². The summed E-state index contributed by atoms with van der Waals surface area (Å²) in [5.41, 5.74) is 8.38. The second-order valence-electron chi connectivity index (χ2n) is 4.47. The largest absolute Gasteiger partial charge is 0.439 e. The van der Waals surface area contributed by atoms with Crippen LogP contribution in [-0.4, -0.2) is 4.98 Å². The summed E-state index contributed by atoms with van der Waals surface area (Å²) in [6, 6.07) is 17.4. The van der Waals surface area contributed by atoms with Crippen molar-refractivity contribution in [3.8, 4) is 11.6 Å². The zero-order valence-corrected chi connectivity index (χ0v) is 10.6. The summed E-state index contributed by atoms with van der Waals surface area (Å²) in [5.74, 6) is 1.36. The summed E-state index contributed by atoms with van der Waals surface area (Å²) < 4.78 is 5.81. The Bertz CT molecular complexity index is 738. The lowest BCUT2D eigenvalue weighted by atomic mass is 10.2. The molecule has 0 fully saturated rings. The molecule has 0 unspecified atom stereocenters. The predicted molar refractivity (Wildman–Crippen MR) is 77.4 cm³/mol. The maximum absolute atomic E-state index is 5.81. The number of hydrogen-bond acceptors (Lipinski definition) is 3. The number of nitrogens with two attached hydrogens (primary N) is 1. The van der Waals surface area contributed by atoms with Gasteiger partial charge in [-0.2, -0.15) is 0 Å². The van der Waals surface area contributed by atoms with E-state index in [-0.39, 0.29) is 0 Å². The van der Waals surface area contributed by atoms with Crippen molar-refractivity contribution in [1.82, 2.24) is 4.98 Å². The molecule has 0 aliphatic carbocycles.